The summed E-state index contributed by atoms with van der Waals surface area (Å²) in [6.07, 6.45) is 0. The molecule has 2 aromatic heterocycles. The fraction of sp³-hybridized carbons (Fsp3) is 0.263. The number of carbonyl (C=O) groups is 1. The van der Waals surface area contributed by atoms with Gasteiger partial charge in [0.2, 0.25) is 21.1 Å². The monoisotopic (exact) mass is 491 g/mol. The highest BCUT2D eigenvalue weighted by Gasteiger charge is 2.23. The van der Waals surface area contributed by atoms with E-state index in [1.165, 1.54) is 32.5 Å². The van der Waals surface area contributed by atoms with Gasteiger partial charge in [-0.2, -0.15) is 9.57 Å². The van der Waals surface area contributed by atoms with Gasteiger partial charge in [0.1, 0.15) is 11.1 Å². The second-order valence-corrected chi connectivity index (χ2v) is 10.2. The zero-order chi connectivity index (χ0) is 23.3. The van der Waals surface area contributed by atoms with E-state index in [2.05, 4.69) is 15.5 Å². The van der Waals surface area contributed by atoms with Gasteiger partial charge in [0.15, 0.2) is 5.82 Å². The van der Waals surface area contributed by atoms with E-state index >= 15 is 0 Å². The molecule has 3 rings (SSSR count). The van der Waals surface area contributed by atoms with Crippen LogP contribution in [0.2, 0.25) is 0 Å². The summed E-state index contributed by atoms with van der Waals surface area (Å²) in [5, 5.41) is 22.3. The number of thiophene rings is 1. The molecule has 0 atom stereocenters. The smallest absolute Gasteiger partial charge is 0.243 e. The summed E-state index contributed by atoms with van der Waals surface area (Å²) in [4.78, 5) is 12.3. The Morgan fingerprint density at radius 3 is 2.75 bits per heavy atom. The third kappa shape index (κ3) is 4.94. The maximum Gasteiger partial charge on any atom is 0.243 e. The molecule has 0 spiro atoms. The third-order valence-corrected chi connectivity index (χ3v) is 8.29. The second-order valence-electron chi connectivity index (χ2n) is 6.41. The first-order valence-electron chi connectivity index (χ1n) is 9.53. The number of nitrogen functional groups attached to an aromatic ring is 1. The maximum atomic E-state index is 12.8. The maximum absolute atomic E-state index is 12.8. The van der Waals surface area contributed by atoms with Gasteiger partial charge >= 0.3 is 0 Å². The second kappa shape index (κ2) is 10.1. The molecule has 0 saturated heterocycles. The van der Waals surface area contributed by atoms with Crippen LogP contribution in [-0.2, 0) is 14.8 Å². The summed E-state index contributed by atoms with van der Waals surface area (Å²) in [7, 11) is -3.63. The van der Waals surface area contributed by atoms with Gasteiger partial charge in [-0.15, -0.1) is 21.5 Å². The lowest BCUT2D eigenvalue weighted by Crippen LogP contribution is -2.30. The van der Waals surface area contributed by atoms with Crippen molar-refractivity contribution in [2.75, 3.05) is 30.0 Å². The summed E-state index contributed by atoms with van der Waals surface area (Å²) in [6, 6.07) is 9.98. The molecule has 3 N–H and O–H groups in total. The molecule has 0 saturated carbocycles. The number of benzene rings is 1. The summed E-state index contributed by atoms with van der Waals surface area (Å²) in [5.41, 5.74) is 0.888. The van der Waals surface area contributed by atoms with Crippen LogP contribution < -0.4 is 11.2 Å². The zero-order valence-electron chi connectivity index (χ0n) is 17.3. The number of nitriles is 1. The number of anilines is 1. The Hall–Kier alpha value is -2.92. The number of nitrogens with one attached hydrogen (secondary N) is 1. The van der Waals surface area contributed by atoms with E-state index in [0.29, 0.717) is 34.4 Å². The van der Waals surface area contributed by atoms with Gasteiger partial charge < -0.3 is 11.2 Å². The van der Waals surface area contributed by atoms with Crippen LogP contribution in [0, 0.1) is 11.3 Å². The van der Waals surface area contributed by atoms with Gasteiger partial charge in [0.05, 0.1) is 16.2 Å². The van der Waals surface area contributed by atoms with Crippen molar-refractivity contribution in [2.45, 2.75) is 23.9 Å². The molecule has 0 radical (unpaired) electrons. The fourth-order valence-corrected chi connectivity index (χ4v) is 5.78. The minimum absolute atomic E-state index is 0.00841. The van der Waals surface area contributed by atoms with Crippen LogP contribution in [0.25, 0.3) is 11.4 Å². The molecule has 0 bridgehead atoms. The van der Waals surface area contributed by atoms with Crippen LogP contribution in [0.1, 0.15) is 19.4 Å². The highest BCUT2D eigenvalue weighted by atomic mass is 32.2. The number of hydrogen-bond donors (Lipinski definition) is 2. The highest BCUT2D eigenvalue weighted by Crippen LogP contribution is 2.26. The van der Waals surface area contributed by atoms with E-state index in [0.717, 1.165) is 11.8 Å². The molecule has 1 aromatic carbocycles. The predicted molar refractivity (Wildman–Crippen MR) is 124 cm³/mol. The SMILES string of the molecule is CCN(CC)S(=O)(=O)c1cccc(-c2nnc(SCC(=O)Nc3sccc3C#N)n2N)c1. The molecule has 10 nitrogen and oxygen atoms in total. The van der Waals surface area contributed by atoms with Crippen molar-refractivity contribution in [2.24, 2.45) is 0 Å². The predicted octanol–water partition coefficient (Wildman–Crippen LogP) is 2.35. The van der Waals surface area contributed by atoms with Crippen LogP contribution in [-0.4, -0.2) is 52.3 Å². The Morgan fingerprint density at radius 1 is 1.31 bits per heavy atom. The van der Waals surface area contributed by atoms with Crippen LogP contribution in [0.4, 0.5) is 5.00 Å². The summed E-state index contributed by atoms with van der Waals surface area (Å²) >= 11 is 2.34. The Bertz CT molecular complexity index is 1260. The average Bonchev–Trinajstić information content (AvgIpc) is 3.38. The molecular formula is C19H21N7O3S3. The molecule has 0 aliphatic carbocycles. The average molecular weight is 492 g/mol. The number of amides is 1. The van der Waals surface area contributed by atoms with Gasteiger partial charge in [-0.3, -0.25) is 4.79 Å². The van der Waals surface area contributed by atoms with Crippen molar-refractivity contribution in [3.05, 3.63) is 41.3 Å². The van der Waals surface area contributed by atoms with E-state index in [-0.39, 0.29) is 22.4 Å². The zero-order valence-corrected chi connectivity index (χ0v) is 19.8. The van der Waals surface area contributed by atoms with Crippen LogP contribution in [0.15, 0.2) is 45.8 Å². The lowest BCUT2D eigenvalue weighted by Gasteiger charge is -2.18. The van der Waals surface area contributed by atoms with Crippen molar-refractivity contribution in [1.82, 2.24) is 19.2 Å². The fourth-order valence-electron chi connectivity index (χ4n) is 2.87. The molecule has 2 heterocycles. The van der Waals surface area contributed by atoms with Crippen molar-refractivity contribution in [3.8, 4) is 17.5 Å². The molecule has 13 heteroatoms. The Kier molecular flexibility index (Phi) is 7.52. The van der Waals surface area contributed by atoms with E-state index in [1.807, 2.05) is 6.07 Å². The molecule has 0 fully saturated rings. The van der Waals surface area contributed by atoms with Gasteiger partial charge in [0, 0.05) is 18.7 Å². The standard InChI is InChI=1S/C19H21N7O3S3/c1-3-25(4-2)32(28,29)15-7-5-6-13(10-15)17-23-24-19(26(17)21)31-12-16(27)22-18-14(11-20)8-9-30-18/h5-10H,3-4,12,21H2,1-2H3,(H,22,27). The number of hydrogen-bond acceptors (Lipinski definition) is 9. The summed E-state index contributed by atoms with van der Waals surface area (Å²) < 4.78 is 28.2. The molecule has 1 amide bonds. The third-order valence-electron chi connectivity index (χ3n) is 4.47. The number of nitrogens with two attached hydrogens (primary N) is 1. The molecule has 32 heavy (non-hydrogen) atoms. The van der Waals surface area contributed by atoms with Crippen molar-refractivity contribution in [1.29, 1.82) is 5.26 Å². The summed E-state index contributed by atoms with van der Waals surface area (Å²) in [5.74, 6) is 6.08. The van der Waals surface area contributed by atoms with Crippen LogP contribution in [0.5, 0.6) is 0 Å². The molecular weight excluding hydrogens is 470 g/mol. The van der Waals surface area contributed by atoms with Gasteiger partial charge in [-0.25, -0.2) is 13.1 Å². The topological polar surface area (TPSA) is 147 Å². The summed E-state index contributed by atoms with van der Waals surface area (Å²) in [6.45, 7) is 4.28. The van der Waals surface area contributed by atoms with Crippen LogP contribution in [0.3, 0.4) is 0 Å². The molecule has 0 unspecified atom stereocenters. The first-order valence-corrected chi connectivity index (χ1v) is 12.8. The Morgan fingerprint density at radius 2 is 2.06 bits per heavy atom. The lowest BCUT2D eigenvalue weighted by molar-refractivity contribution is -0.113. The number of nitrogens with zero attached hydrogens (tertiary/aromatic N) is 5. The van der Waals surface area contributed by atoms with Crippen molar-refractivity contribution in [3.63, 3.8) is 0 Å². The van der Waals surface area contributed by atoms with E-state index in [4.69, 9.17) is 11.1 Å². The number of sulfonamides is 1. The minimum Gasteiger partial charge on any atom is -0.335 e. The molecule has 3 aromatic rings. The number of carbonyl (C=O) groups excluding carboxylic acids is 1. The Labute approximate surface area is 194 Å². The Balaban J connectivity index is 1.75. The van der Waals surface area contributed by atoms with E-state index < -0.39 is 10.0 Å². The number of thioether (sulfide) groups is 1. The minimum atomic E-state index is -3.63. The molecule has 0 aliphatic rings. The van der Waals surface area contributed by atoms with Gasteiger partial charge in [-0.05, 0) is 23.6 Å². The lowest BCUT2D eigenvalue weighted by atomic mass is 10.2. The van der Waals surface area contributed by atoms with E-state index in [1.54, 1.807) is 37.4 Å². The molecule has 0 aliphatic heterocycles. The number of aromatic nitrogens is 3. The van der Waals surface area contributed by atoms with E-state index in [9.17, 15) is 13.2 Å². The van der Waals surface area contributed by atoms with Crippen molar-refractivity contribution < 1.29 is 13.2 Å². The first-order chi connectivity index (χ1) is 15.3. The number of rotatable bonds is 9. The van der Waals surface area contributed by atoms with Gasteiger partial charge in [-0.1, -0.05) is 37.7 Å². The first kappa shape index (κ1) is 23.7. The largest absolute Gasteiger partial charge is 0.335 e. The molecule has 168 valence electrons. The highest BCUT2D eigenvalue weighted by molar-refractivity contribution is 7.99. The van der Waals surface area contributed by atoms with Crippen LogP contribution >= 0.6 is 23.1 Å². The van der Waals surface area contributed by atoms with Crippen molar-refractivity contribution >= 4 is 44.0 Å². The van der Waals surface area contributed by atoms with Gasteiger partial charge in [0.25, 0.3) is 0 Å². The quantitative estimate of drug-likeness (QED) is 0.342. The normalized spacial score (nSPS) is 11.4.